The summed E-state index contributed by atoms with van der Waals surface area (Å²) >= 11 is 6.22. The van der Waals surface area contributed by atoms with E-state index in [4.69, 9.17) is 11.6 Å². The molecule has 0 aliphatic heterocycles. The Balaban J connectivity index is 2.86. The summed E-state index contributed by atoms with van der Waals surface area (Å²) in [4.78, 5) is 4.21. The number of hydrogen-bond donors (Lipinski definition) is 0. The highest BCUT2D eigenvalue weighted by Crippen LogP contribution is 2.36. The Bertz CT molecular complexity index is 238. The molecule has 1 nitrogen and oxygen atoms in total. The second-order valence-electron chi connectivity index (χ2n) is 3.98. The van der Waals surface area contributed by atoms with Crippen molar-refractivity contribution in [3.63, 3.8) is 0 Å². The highest BCUT2D eigenvalue weighted by atomic mass is 35.5. The fourth-order valence-corrected chi connectivity index (χ4v) is 1.10. The molecule has 0 aromatic carbocycles. The van der Waals surface area contributed by atoms with Crippen molar-refractivity contribution in [3.8, 4) is 0 Å². The van der Waals surface area contributed by atoms with E-state index in [2.05, 4.69) is 25.8 Å². The van der Waals surface area contributed by atoms with Crippen LogP contribution >= 0.6 is 11.6 Å². The first-order valence-corrected chi connectivity index (χ1v) is 4.50. The summed E-state index contributed by atoms with van der Waals surface area (Å²) in [5, 5.41) is -0.0151. The van der Waals surface area contributed by atoms with Gasteiger partial charge >= 0.3 is 0 Å². The Morgan fingerprint density at radius 3 is 2.42 bits per heavy atom. The van der Waals surface area contributed by atoms with Crippen molar-refractivity contribution < 1.29 is 0 Å². The van der Waals surface area contributed by atoms with E-state index >= 15 is 0 Å². The van der Waals surface area contributed by atoms with E-state index in [-0.39, 0.29) is 10.8 Å². The van der Waals surface area contributed by atoms with Crippen molar-refractivity contribution in [3.05, 3.63) is 30.1 Å². The molecule has 0 N–H and O–H groups in total. The van der Waals surface area contributed by atoms with E-state index in [9.17, 15) is 0 Å². The summed E-state index contributed by atoms with van der Waals surface area (Å²) < 4.78 is 0. The first-order valence-electron chi connectivity index (χ1n) is 4.07. The zero-order valence-corrected chi connectivity index (χ0v) is 8.47. The molecule has 66 valence electrons. The molecule has 0 saturated carbocycles. The minimum absolute atomic E-state index is 0.0151. The molecule has 1 aromatic heterocycles. The fraction of sp³-hybridized carbons (Fsp3) is 0.500. The number of nitrogens with zero attached hydrogens (tertiary/aromatic N) is 1. The monoisotopic (exact) mass is 183 g/mol. The number of pyridine rings is 1. The van der Waals surface area contributed by atoms with Crippen molar-refractivity contribution in [1.82, 2.24) is 4.98 Å². The molecule has 0 bridgehead atoms. The van der Waals surface area contributed by atoms with Gasteiger partial charge in [-0.1, -0.05) is 26.8 Å². The molecule has 1 unspecified atom stereocenters. The number of halogens is 1. The Kier molecular flexibility index (Phi) is 2.73. The molecule has 0 radical (unpaired) electrons. The highest BCUT2D eigenvalue weighted by Gasteiger charge is 2.24. The van der Waals surface area contributed by atoms with Gasteiger partial charge in [0.15, 0.2) is 0 Å². The van der Waals surface area contributed by atoms with E-state index in [0.717, 1.165) is 5.69 Å². The van der Waals surface area contributed by atoms with Crippen molar-refractivity contribution >= 4 is 11.6 Å². The van der Waals surface area contributed by atoms with Crippen LogP contribution in [-0.2, 0) is 0 Å². The van der Waals surface area contributed by atoms with Gasteiger partial charge in [-0.25, -0.2) is 0 Å². The maximum Gasteiger partial charge on any atom is 0.0805 e. The van der Waals surface area contributed by atoms with E-state index in [1.54, 1.807) is 6.20 Å². The highest BCUT2D eigenvalue weighted by molar-refractivity contribution is 6.21. The Hall–Kier alpha value is -0.560. The average molecular weight is 184 g/mol. The van der Waals surface area contributed by atoms with Crippen LogP contribution in [0.2, 0.25) is 0 Å². The third-order valence-corrected chi connectivity index (χ3v) is 2.59. The maximum absolute atomic E-state index is 6.22. The fourth-order valence-electron chi connectivity index (χ4n) is 0.970. The van der Waals surface area contributed by atoms with Gasteiger partial charge < -0.3 is 0 Å². The third kappa shape index (κ3) is 2.21. The van der Waals surface area contributed by atoms with Crippen LogP contribution in [0.1, 0.15) is 31.8 Å². The van der Waals surface area contributed by atoms with Gasteiger partial charge in [0, 0.05) is 6.20 Å². The van der Waals surface area contributed by atoms with E-state index in [1.807, 2.05) is 18.2 Å². The van der Waals surface area contributed by atoms with Crippen LogP contribution in [0.25, 0.3) is 0 Å². The van der Waals surface area contributed by atoms with Crippen molar-refractivity contribution in [1.29, 1.82) is 0 Å². The molecular formula is C10H14ClN. The topological polar surface area (TPSA) is 12.9 Å². The van der Waals surface area contributed by atoms with Crippen LogP contribution in [0.3, 0.4) is 0 Å². The summed E-state index contributed by atoms with van der Waals surface area (Å²) in [5.41, 5.74) is 1.02. The Morgan fingerprint density at radius 1 is 1.33 bits per heavy atom. The molecule has 0 fully saturated rings. The normalized spacial score (nSPS) is 14.3. The standard InChI is InChI=1S/C10H14ClN/c1-10(2,3)9(11)8-6-4-5-7-12-8/h4-7,9H,1-3H3. The quantitative estimate of drug-likeness (QED) is 0.609. The van der Waals surface area contributed by atoms with Gasteiger partial charge in [0.1, 0.15) is 0 Å². The zero-order chi connectivity index (χ0) is 9.19. The van der Waals surface area contributed by atoms with Gasteiger partial charge in [0.25, 0.3) is 0 Å². The lowest BCUT2D eigenvalue weighted by atomic mass is 9.90. The molecule has 1 aromatic rings. The largest absolute Gasteiger partial charge is 0.260 e. The summed E-state index contributed by atoms with van der Waals surface area (Å²) in [5.74, 6) is 0. The predicted octanol–water partition coefficient (Wildman–Crippen LogP) is 3.41. The first kappa shape index (κ1) is 9.53. The average Bonchev–Trinajstić information content (AvgIpc) is 2.03. The molecular weight excluding hydrogens is 170 g/mol. The van der Waals surface area contributed by atoms with Crippen LogP contribution in [0.5, 0.6) is 0 Å². The number of aromatic nitrogens is 1. The second kappa shape index (κ2) is 3.44. The predicted molar refractivity (Wildman–Crippen MR) is 52.3 cm³/mol. The lowest BCUT2D eigenvalue weighted by molar-refractivity contribution is 0.391. The van der Waals surface area contributed by atoms with E-state index < -0.39 is 0 Å². The van der Waals surface area contributed by atoms with Gasteiger partial charge in [-0.15, -0.1) is 11.6 Å². The minimum Gasteiger partial charge on any atom is -0.260 e. The molecule has 1 heterocycles. The number of rotatable bonds is 1. The van der Waals surface area contributed by atoms with Crippen LogP contribution < -0.4 is 0 Å². The van der Waals surface area contributed by atoms with Crippen molar-refractivity contribution in [2.75, 3.05) is 0 Å². The smallest absolute Gasteiger partial charge is 0.0805 e. The second-order valence-corrected chi connectivity index (χ2v) is 4.42. The van der Waals surface area contributed by atoms with Crippen LogP contribution in [0.15, 0.2) is 24.4 Å². The molecule has 1 atom stereocenters. The van der Waals surface area contributed by atoms with Gasteiger partial charge in [-0.05, 0) is 17.5 Å². The van der Waals surface area contributed by atoms with Crippen molar-refractivity contribution in [2.45, 2.75) is 26.1 Å². The maximum atomic E-state index is 6.22. The molecule has 0 spiro atoms. The SMILES string of the molecule is CC(C)(C)C(Cl)c1ccccn1. The van der Waals surface area contributed by atoms with Gasteiger partial charge in [0.2, 0.25) is 0 Å². The molecule has 0 saturated heterocycles. The van der Waals surface area contributed by atoms with E-state index in [0.29, 0.717) is 0 Å². The van der Waals surface area contributed by atoms with Crippen LogP contribution in [0, 0.1) is 5.41 Å². The summed E-state index contributed by atoms with van der Waals surface area (Å²) in [7, 11) is 0. The molecule has 2 heteroatoms. The Morgan fingerprint density at radius 2 is 2.00 bits per heavy atom. The zero-order valence-electron chi connectivity index (χ0n) is 7.71. The third-order valence-electron chi connectivity index (χ3n) is 1.71. The number of alkyl halides is 1. The minimum atomic E-state index is -0.0151. The molecule has 0 amide bonds. The summed E-state index contributed by atoms with van der Waals surface area (Å²) in [6, 6.07) is 5.82. The van der Waals surface area contributed by atoms with Crippen molar-refractivity contribution in [2.24, 2.45) is 5.41 Å². The van der Waals surface area contributed by atoms with Gasteiger partial charge in [-0.2, -0.15) is 0 Å². The molecule has 0 aliphatic rings. The molecule has 12 heavy (non-hydrogen) atoms. The van der Waals surface area contributed by atoms with Crippen LogP contribution in [0.4, 0.5) is 0 Å². The van der Waals surface area contributed by atoms with E-state index in [1.165, 1.54) is 0 Å². The first-order chi connectivity index (χ1) is 5.52. The Labute approximate surface area is 78.8 Å². The van der Waals surface area contributed by atoms with Crippen LogP contribution in [-0.4, -0.2) is 4.98 Å². The number of hydrogen-bond acceptors (Lipinski definition) is 1. The molecule has 1 rings (SSSR count). The van der Waals surface area contributed by atoms with Gasteiger partial charge in [0.05, 0.1) is 11.1 Å². The summed E-state index contributed by atoms with van der Waals surface area (Å²) in [6.07, 6.45) is 1.77. The lowest BCUT2D eigenvalue weighted by Crippen LogP contribution is -2.14. The van der Waals surface area contributed by atoms with Gasteiger partial charge in [-0.3, -0.25) is 4.98 Å². The lowest BCUT2D eigenvalue weighted by Gasteiger charge is -2.24. The summed E-state index contributed by atoms with van der Waals surface area (Å²) in [6.45, 7) is 6.33. The molecule has 0 aliphatic carbocycles.